The summed E-state index contributed by atoms with van der Waals surface area (Å²) in [6.07, 6.45) is 1.38. The van der Waals surface area contributed by atoms with E-state index in [0.29, 0.717) is 22.9 Å². The molecule has 0 radical (unpaired) electrons. The van der Waals surface area contributed by atoms with Gasteiger partial charge in [-0.15, -0.1) is 0 Å². The predicted molar refractivity (Wildman–Crippen MR) is 108 cm³/mol. The standard InChI is InChI=1S/C20H18N6O3/c1-28-16-8-7-13(9-17(16)29-2)24-20-23-11-12(10-21)19(26-20)25-15-6-4-3-5-14(15)18(22)27/h3-9,11H,1-2H3,(H2,22,27)(H2,23,24,25,26). The lowest BCUT2D eigenvalue weighted by atomic mass is 10.1. The van der Waals surface area contributed by atoms with Crippen LogP contribution in [0.1, 0.15) is 15.9 Å². The molecule has 0 aliphatic rings. The third-order valence-electron chi connectivity index (χ3n) is 3.99. The molecule has 29 heavy (non-hydrogen) atoms. The van der Waals surface area contributed by atoms with Crippen LogP contribution in [0.4, 0.5) is 23.1 Å². The van der Waals surface area contributed by atoms with Gasteiger partial charge in [0, 0.05) is 11.8 Å². The quantitative estimate of drug-likeness (QED) is 0.560. The van der Waals surface area contributed by atoms with Gasteiger partial charge in [0.1, 0.15) is 11.6 Å². The van der Waals surface area contributed by atoms with Crippen molar-refractivity contribution in [1.29, 1.82) is 5.26 Å². The normalized spacial score (nSPS) is 9.97. The van der Waals surface area contributed by atoms with Crippen LogP contribution < -0.4 is 25.8 Å². The van der Waals surface area contributed by atoms with E-state index in [1.807, 2.05) is 6.07 Å². The van der Waals surface area contributed by atoms with Crippen molar-refractivity contribution in [3.05, 3.63) is 59.8 Å². The van der Waals surface area contributed by atoms with Gasteiger partial charge in [-0.1, -0.05) is 12.1 Å². The maximum Gasteiger partial charge on any atom is 0.250 e. The molecular formula is C20H18N6O3. The molecule has 9 nitrogen and oxygen atoms in total. The number of nitriles is 1. The highest BCUT2D eigenvalue weighted by Crippen LogP contribution is 2.31. The molecule has 0 aliphatic heterocycles. The first-order valence-corrected chi connectivity index (χ1v) is 8.47. The van der Waals surface area contributed by atoms with Crippen molar-refractivity contribution in [3.8, 4) is 17.6 Å². The Morgan fingerprint density at radius 3 is 2.55 bits per heavy atom. The van der Waals surface area contributed by atoms with Crippen molar-refractivity contribution < 1.29 is 14.3 Å². The van der Waals surface area contributed by atoms with Crippen LogP contribution in [0.2, 0.25) is 0 Å². The molecule has 1 aromatic heterocycles. The number of aromatic nitrogens is 2. The molecule has 0 saturated carbocycles. The Balaban J connectivity index is 1.92. The highest BCUT2D eigenvalue weighted by atomic mass is 16.5. The van der Waals surface area contributed by atoms with Crippen LogP contribution in [0.25, 0.3) is 0 Å². The number of methoxy groups -OCH3 is 2. The zero-order chi connectivity index (χ0) is 20.8. The van der Waals surface area contributed by atoms with E-state index < -0.39 is 5.91 Å². The number of para-hydroxylation sites is 1. The first-order valence-electron chi connectivity index (χ1n) is 8.47. The van der Waals surface area contributed by atoms with Crippen LogP contribution in [-0.4, -0.2) is 30.1 Å². The number of hydrogen-bond donors (Lipinski definition) is 3. The second kappa shape index (κ2) is 8.58. The lowest BCUT2D eigenvalue weighted by molar-refractivity contribution is 0.100. The number of nitrogens with zero attached hydrogens (tertiary/aromatic N) is 3. The fourth-order valence-corrected chi connectivity index (χ4v) is 2.60. The second-order valence-corrected chi connectivity index (χ2v) is 5.80. The Morgan fingerprint density at radius 1 is 1.10 bits per heavy atom. The highest BCUT2D eigenvalue weighted by molar-refractivity contribution is 5.99. The van der Waals surface area contributed by atoms with Gasteiger partial charge in [-0.3, -0.25) is 4.79 Å². The third kappa shape index (κ3) is 4.33. The molecule has 3 aromatic rings. The number of anilines is 4. The number of amides is 1. The Hall–Kier alpha value is -4.32. The molecule has 146 valence electrons. The van der Waals surface area contributed by atoms with Crippen molar-refractivity contribution in [2.45, 2.75) is 0 Å². The van der Waals surface area contributed by atoms with E-state index in [0.717, 1.165) is 0 Å². The van der Waals surface area contributed by atoms with Gasteiger partial charge in [0.15, 0.2) is 17.3 Å². The van der Waals surface area contributed by atoms with Crippen molar-refractivity contribution >= 4 is 29.0 Å². The van der Waals surface area contributed by atoms with Crippen molar-refractivity contribution in [3.63, 3.8) is 0 Å². The molecule has 2 aromatic carbocycles. The minimum atomic E-state index is -0.593. The van der Waals surface area contributed by atoms with Gasteiger partial charge in [0.05, 0.1) is 31.7 Å². The molecule has 1 amide bonds. The minimum Gasteiger partial charge on any atom is -0.493 e. The van der Waals surface area contributed by atoms with Crippen molar-refractivity contribution in [2.24, 2.45) is 5.73 Å². The van der Waals surface area contributed by atoms with Crippen LogP contribution in [-0.2, 0) is 0 Å². The number of nitrogens with one attached hydrogen (secondary N) is 2. The lowest BCUT2D eigenvalue weighted by Gasteiger charge is -2.13. The fraction of sp³-hybridized carbons (Fsp3) is 0.100. The molecule has 0 fully saturated rings. The summed E-state index contributed by atoms with van der Waals surface area (Å²) in [5, 5.41) is 15.4. The molecule has 0 unspecified atom stereocenters. The SMILES string of the molecule is COc1ccc(Nc2ncc(C#N)c(Nc3ccccc3C(N)=O)n2)cc1OC. The fourth-order valence-electron chi connectivity index (χ4n) is 2.60. The van der Waals surface area contributed by atoms with Crippen LogP contribution >= 0.6 is 0 Å². The Labute approximate surface area is 167 Å². The smallest absolute Gasteiger partial charge is 0.250 e. The maximum absolute atomic E-state index is 11.6. The summed E-state index contributed by atoms with van der Waals surface area (Å²) in [5.41, 5.74) is 7.00. The van der Waals surface area contributed by atoms with E-state index in [-0.39, 0.29) is 22.9 Å². The largest absolute Gasteiger partial charge is 0.493 e. The molecule has 4 N–H and O–H groups in total. The first kappa shape index (κ1) is 19.4. The van der Waals surface area contributed by atoms with Crippen LogP contribution in [0.5, 0.6) is 11.5 Å². The Morgan fingerprint density at radius 2 is 1.86 bits per heavy atom. The minimum absolute atomic E-state index is 0.210. The van der Waals surface area contributed by atoms with Crippen molar-refractivity contribution in [2.75, 3.05) is 24.9 Å². The highest BCUT2D eigenvalue weighted by Gasteiger charge is 2.13. The topological polar surface area (TPSA) is 135 Å². The third-order valence-corrected chi connectivity index (χ3v) is 3.99. The molecule has 0 bridgehead atoms. The monoisotopic (exact) mass is 390 g/mol. The number of carbonyl (C=O) groups excluding carboxylic acids is 1. The number of rotatable bonds is 7. The average molecular weight is 390 g/mol. The summed E-state index contributed by atoms with van der Waals surface area (Å²) in [4.78, 5) is 20.1. The molecule has 0 spiro atoms. The predicted octanol–water partition coefficient (Wildman–Crippen LogP) is 2.95. The van der Waals surface area contributed by atoms with Crippen molar-refractivity contribution in [1.82, 2.24) is 9.97 Å². The number of ether oxygens (including phenoxy) is 2. The van der Waals surface area contributed by atoms with Gasteiger partial charge < -0.3 is 25.8 Å². The Bertz CT molecular complexity index is 1090. The van der Waals surface area contributed by atoms with Crippen LogP contribution in [0.3, 0.4) is 0 Å². The summed E-state index contributed by atoms with van der Waals surface area (Å²) >= 11 is 0. The second-order valence-electron chi connectivity index (χ2n) is 5.80. The zero-order valence-corrected chi connectivity index (χ0v) is 15.8. The summed E-state index contributed by atoms with van der Waals surface area (Å²) in [6, 6.07) is 14.0. The molecule has 1 heterocycles. The van der Waals surface area contributed by atoms with Gasteiger partial charge >= 0.3 is 0 Å². The summed E-state index contributed by atoms with van der Waals surface area (Å²) in [5.74, 6) is 1.02. The molecule has 9 heteroatoms. The zero-order valence-electron chi connectivity index (χ0n) is 15.8. The van der Waals surface area contributed by atoms with E-state index in [9.17, 15) is 10.1 Å². The molecule has 0 saturated heterocycles. The van der Waals surface area contributed by atoms with Gasteiger partial charge in [-0.25, -0.2) is 4.98 Å². The van der Waals surface area contributed by atoms with Crippen LogP contribution in [0, 0.1) is 11.3 Å². The van der Waals surface area contributed by atoms with Gasteiger partial charge in [-0.05, 0) is 24.3 Å². The number of benzene rings is 2. The molecule has 3 rings (SSSR count). The van der Waals surface area contributed by atoms with E-state index in [1.165, 1.54) is 13.3 Å². The first-order chi connectivity index (χ1) is 14.0. The molecule has 0 atom stereocenters. The van der Waals surface area contributed by atoms with Crippen LogP contribution in [0.15, 0.2) is 48.7 Å². The van der Waals surface area contributed by atoms with Gasteiger partial charge in [-0.2, -0.15) is 10.2 Å². The van der Waals surface area contributed by atoms with E-state index in [2.05, 4.69) is 20.6 Å². The molecule has 0 aliphatic carbocycles. The summed E-state index contributed by atoms with van der Waals surface area (Å²) in [6.45, 7) is 0. The summed E-state index contributed by atoms with van der Waals surface area (Å²) in [7, 11) is 3.09. The number of primary amides is 1. The van der Waals surface area contributed by atoms with E-state index in [1.54, 1.807) is 49.6 Å². The average Bonchev–Trinajstić information content (AvgIpc) is 2.74. The number of hydrogen-bond acceptors (Lipinski definition) is 8. The number of carbonyl (C=O) groups is 1. The van der Waals surface area contributed by atoms with E-state index >= 15 is 0 Å². The van der Waals surface area contributed by atoms with Gasteiger partial charge in [0.25, 0.3) is 5.91 Å². The summed E-state index contributed by atoms with van der Waals surface area (Å²) < 4.78 is 10.5. The maximum atomic E-state index is 11.6. The van der Waals surface area contributed by atoms with E-state index in [4.69, 9.17) is 15.2 Å². The number of nitrogens with two attached hydrogens (primary N) is 1. The van der Waals surface area contributed by atoms with Gasteiger partial charge in [0.2, 0.25) is 5.95 Å². The molecular weight excluding hydrogens is 372 g/mol. The lowest BCUT2D eigenvalue weighted by Crippen LogP contribution is -2.13. The Kier molecular flexibility index (Phi) is 5.75.